The zero-order chi connectivity index (χ0) is 14.8. The lowest BCUT2D eigenvalue weighted by molar-refractivity contribution is 0.0670. The van der Waals surface area contributed by atoms with Crippen LogP contribution in [0, 0.1) is 19.8 Å². The number of nitrogens with one attached hydrogen (secondary N) is 1. The van der Waals surface area contributed by atoms with E-state index in [9.17, 15) is 4.79 Å². The maximum atomic E-state index is 12.7. The van der Waals surface area contributed by atoms with Crippen LogP contribution < -0.4 is 0 Å². The quantitative estimate of drug-likeness (QED) is 0.938. The molecule has 1 unspecified atom stereocenters. The van der Waals surface area contributed by atoms with Crippen LogP contribution in [0.15, 0.2) is 16.8 Å². The summed E-state index contributed by atoms with van der Waals surface area (Å²) in [5.74, 6) is 1.12. The SMILES string of the molecule is Cc1noc(C)c1C(=O)N1CCCC(Cc2ccn[nH]2)C1. The van der Waals surface area contributed by atoms with Crippen LogP contribution in [-0.4, -0.2) is 39.3 Å². The lowest BCUT2D eigenvalue weighted by Crippen LogP contribution is -2.40. The first-order chi connectivity index (χ1) is 10.1. The molecule has 2 aromatic rings. The van der Waals surface area contributed by atoms with Gasteiger partial charge in [-0.15, -0.1) is 0 Å². The van der Waals surface area contributed by atoms with Crippen LogP contribution in [0.5, 0.6) is 0 Å². The molecule has 6 nitrogen and oxygen atoms in total. The van der Waals surface area contributed by atoms with Gasteiger partial charge in [0.25, 0.3) is 5.91 Å². The lowest BCUT2D eigenvalue weighted by Gasteiger charge is -2.32. The summed E-state index contributed by atoms with van der Waals surface area (Å²) in [6, 6.07) is 2.00. The third-order valence-corrected chi connectivity index (χ3v) is 4.12. The molecule has 1 fully saturated rings. The van der Waals surface area contributed by atoms with Crippen molar-refractivity contribution in [3.8, 4) is 0 Å². The van der Waals surface area contributed by atoms with E-state index in [0.717, 1.165) is 38.0 Å². The molecule has 1 N–H and O–H groups in total. The van der Waals surface area contributed by atoms with E-state index in [1.165, 1.54) is 0 Å². The molecule has 112 valence electrons. The number of likely N-dealkylation sites (tertiary alicyclic amines) is 1. The number of piperidine rings is 1. The Balaban J connectivity index is 1.69. The molecule has 0 aromatic carbocycles. The Morgan fingerprint density at radius 2 is 2.38 bits per heavy atom. The minimum absolute atomic E-state index is 0.0422. The Kier molecular flexibility index (Phi) is 3.77. The van der Waals surface area contributed by atoms with Gasteiger partial charge in [0.1, 0.15) is 11.3 Å². The third kappa shape index (κ3) is 2.84. The van der Waals surface area contributed by atoms with Crippen LogP contribution in [0.4, 0.5) is 0 Å². The van der Waals surface area contributed by atoms with Crippen molar-refractivity contribution in [1.29, 1.82) is 0 Å². The molecule has 0 radical (unpaired) electrons. The van der Waals surface area contributed by atoms with E-state index in [-0.39, 0.29) is 5.91 Å². The van der Waals surface area contributed by atoms with Crippen LogP contribution in [0.1, 0.15) is 40.3 Å². The first-order valence-corrected chi connectivity index (χ1v) is 7.35. The highest BCUT2D eigenvalue weighted by molar-refractivity contribution is 5.96. The van der Waals surface area contributed by atoms with Crippen molar-refractivity contribution in [1.82, 2.24) is 20.3 Å². The van der Waals surface area contributed by atoms with Crippen molar-refractivity contribution < 1.29 is 9.32 Å². The summed E-state index contributed by atoms with van der Waals surface area (Å²) < 4.78 is 5.11. The van der Waals surface area contributed by atoms with Gasteiger partial charge in [0, 0.05) is 25.0 Å². The number of carbonyl (C=O) groups excluding carboxylic acids is 1. The van der Waals surface area contributed by atoms with Crippen molar-refractivity contribution >= 4 is 5.91 Å². The van der Waals surface area contributed by atoms with Gasteiger partial charge in [0.2, 0.25) is 0 Å². The Morgan fingerprint density at radius 3 is 3.05 bits per heavy atom. The molecule has 1 saturated heterocycles. The van der Waals surface area contributed by atoms with E-state index in [0.29, 0.717) is 22.9 Å². The number of rotatable bonds is 3. The number of nitrogens with zero attached hydrogens (tertiary/aromatic N) is 3. The van der Waals surface area contributed by atoms with Crippen LogP contribution in [0.25, 0.3) is 0 Å². The number of aryl methyl sites for hydroxylation is 2. The molecule has 21 heavy (non-hydrogen) atoms. The van der Waals surface area contributed by atoms with Gasteiger partial charge in [-0.1, -0.05) is 5.16 Å². The highest BCUT2D eigenvalue weighted by atomic mass is 16.5. The molecular weight excluding hydrogens is 268 g/mol. The molecule has 0 spiro atoms. The summed E-state index contributed by atoms with van der Waals surface area (Å²) in [6.45, 7) is 5.19. The average molecular weight is 288 g/mol. The van der Waals surface area contributed by atoms with E-state index in [1.807, 2.05) is 17.9 Å². The molecule has 3 rings (SSSR count). The van der Waals surface area contributed by atoms with E-state index >= 15 is 0 Å². The summed E-state index contributed by atoms with van der Waals surface area (Å²) in [7, 11) is 0. The molecule has 1 aliphatic heterocycles. The lowest BCUT2D eigenvalue weighted by atomic mass is 9.93. The second-order valence-corrected chi connectivity index (χ2v) is 5.74. The molecule has 0 saturated carbocycles. The fourth-order valence-corrected chi connectivity index (χ4v) is 3.07. The number of carbonyl (C=O) groups is 1. The van der Waals surface area contributed by atoms with E-state index in [4.69, 9.17) is 4.52 Å². The van der Waals surface area contributed by atoms with Crippen molar-refractivity contribution in [3.63, 3.8) is 0 Å². The Labute approximate surface area is 123 Å². The van der Waals surface area contributed by atoms with Gasteiger partial charge in [0.15, 0.2) is 0 Å². The first-order valence-electron chi connectivity index (χ1n) is 7.35. The smallest absolute Gasteiger partial charge is 0.259 e. The van der Waals surface area contributed by atoms with Gasteiger partial charge in [0.05, 0.1) is 5.69 Å². The third-order valence-electron chi connectivity index (χ3n) is 4.12. The molecule has 2 aromatic heterocycles. The van der Waals surface area contributed by atoms with Crippen molar-refractivity contribution in [2.24, 2.45) is 5.92 Å². The average Bonchev–Trinajstić information content (AvgIpc) is 3.09. The standard InChI is InChI=1S/C15H20N4O2/c1-10-14(11(2)21-18-10)15(20)19-7-3-4-12(9-19)8-13-5-6-16-17-13/h5-6,12H,3-4,7-9H2,1-2H3,(H,16,17). The van der Waals surface area contributed by atoms with Crippen LogP contribution in [0.3, 0.4) is 0 Å². The highest BCUT2D eigenvalue weighted by Crippen LogP contribution is 2.23. The topological polar surface area (TPSA) is 75.0 Å². The normalized spacial score (nSPS) is 19.0. The Hall–Kier alpha value is -2.11. The van der Waals surface area contributed by atoms with Gasteiger partial charge < -0.3 is 9.42 Å². The summed E-state index contributed by atoms with van der Waals surface area (Å²) in [5, 5.41) is 10.9. The zero-order valence-corrected chi connectivity index (χ0v) is 12.4. The predicted octanol–water partition coefficient (Wildman–Crippen LogP) is 2.11. The summed E-state index contributed by atoms with van der Waals surface area (Å²) >= 11 is 0. The largest absolute Gasteiger partial charge is 0.361 e. The summed E-state index contributed by atoms with van der Waals surface area (Å²) in [5.41, 5.74) is 2.43. The molecule has 0 bridgehead atoms. The van der Waals surface area contributed by atoms with Gasteiger partial charge in [-0.25, -0.2) is 0 Å². The first kappa shape index (κ1) is 13.9. The number of aromatic nitrogens is 3. The zero-order valence-electron chi connectivity index (χ0n) is 12.4. The summed E-state index contributed by atoms with van der Waals surface area (Å²) in [6.07, 6.45) is 4.88. The fourth-order valence-electron chi connectivity index (χ4n) is 3.07. The molecular formula is C15H20N4O2. The second-order valence-electron chi connectivity index (χ2n) is 5.74. The monoisotopic (exact) mass is 288 g/mol. The molecule has 1 atom stereocenters. The Morgan fingerprint density at radius 1 is 1.52 bits per heavy atom. The van der Waals surface area contributed by atoms with Gasteiger partial charge in [-0.05, 0) is 45.1 Å². The van der Waals surface area contributed by atoms with Crippen molar-refractivity contribution in [3.05, 3.63) is 35.0 Å². The second kappa shape index (κ2) is 5.71. The number of hydrogen-bond donors (Lipinski definition) is 1. The Bertz CT molecular complexity index is 598. The fraction of sp³-hybridized carbons (Fsp3) is 0.533. The molecule has 1 aliphatic rings. The van der Waals surface area contributed by atoms with Crippen LogP contribution in [0.2, 0.25) is 0 Å². The molecule has 0 aliphatic carbocycles. The van der Waals surface area contributed by atoms with Gasteiger partial charge in [-0.3, -0.25) is 9.89 Å². The van der Waals surface area contributed by atoms with Crippen LogP contribution >= 0.6 is 0 Å². The van der Waals surface area contributed by atoms with E-state index < -0.39 is 0 Å². The van der Waals surface area contributed by atoms with Gasteiger partial charge in [-0.2, -0.15) is 5.10 Å². The highest BCUT2D eigenvalue weighted by Gasteiger charge is 2.28. The van der Waals surface area contributed by atoms with Crippen molar-refractivity contribution in [2.75, 3.05) is 13.1 Å². The van der Waals surface area contributed by atoms with E-state index in [1.54, 1.807) is 13.1 Å². The molecule has 3 heterocycles. The van der Waals surface area contributed by atoms with E-state index in [2.05, 4.69) is 15.4 Å². The maximum absolute atomic E-state index is 12.7. The van der Waals surface area contributed by atoms with Crippen LogP contribution in [-0.2, 0) is 6.42 Å². The number of aromatic amines is 1. The van der Waals surface area contributed by atoms with Gasteiger partial charge >= 0.3 is 0 Å². The molecule has 1 amide bonds. The number of H-pyrrole nitrogens is 1. The van der Waals surface area contributed by atoms with Crippen molar-refractivity contribution in [2.45, 2.75) is 33.1 Å². The minimum atomic E-state index is 0.0422. The number of amides is 1. The maximum Gasteiger partial charge on any atom is 0.259 e. The predicted molar refractivity (Wildman–Crippen MR) is 76.9 cm³/mol. The summed E-state index contributed by atoms with van der Waals surface area (Å²) in [4.78, 5) is 14.6. The molecule has 6 heteroatoms. The number of hydrogen-bond acceptors (Lipinski definition) is 4. The minimum Gasteiger partial charge on any atom is -0.361 e.